The van der Waals surface area contributed by atoms with Crippen LogP contribution in [0.25, 0.3) is 0 Å². The van der Waals surface area contributed by atoms with Gasteiger partial charge < -0.3 is 10.6 Å². The maximum Gasteiger partial charge on any atom is 0.191 e. The molecule has 1 aliphatic rings. The largest absolute Gasteiger partial charge is 0.356 e. The predicted octanol–water partition coefficient (Wildman–Crippen LogP) is 1.90. The van der Waals surface area contributed by atoms with Crippen molar-refractivity contribution in [2.24, 2.45) is 4.99 Å². The van der Waals surface area contributed by atoms with Gasteiger partial charge in [0, 0.05) is 13.1 Å². The third kappa shape index (κ3) is 5.10. The van der Waals surface area contributed by atoms with Crippen molar-refractivity contribution < 1.29 is 0 Å². The van der Waals surface area contributed by atoms with Crippen LogP contribution in [-0.2, 0) is 0 Å². The van der Waals surface area contributed by atoms with Gasteiger partial charge in [-0.25, -0.2) is 0 Å². The van der Waals surface area contributed by atoms with E-state index in [1.807, 2.05) is 0 Å². The van der Waals surface area contributed by atoms with E-state index in [9.17, 15) is 0 Å². The van der Waals surface area contributed by atoms with E-state index in [2.05, 4.69) is 22.5 Å². The van der Waals surface area contributed by atoms with Gasteiger partial charge in [-0.05, 0) is 6.42 Å². The van der Waals surface area contributed by atoms with Crippen LogP contribution in [0.15, 0.2) is 4.99 Å². The number of hydrogen-bond donors (Lipinski definition) is 2. The van der Waals surface area contributed by atoms with Crippen molar-refractivity contribution in [2.75, 3.05) is 19.6 Å². The van der Waals surface area contributed by atoms with E-state index in [1.54, 1.807) is 0 Å². The summed E-state index contributed by atoms with van der Waals surface area (Å²) in [5, 5.41) is 6.52. The molecular formula is C11H23N3. The highest BCUT2D eigenvalue weighted by Crippen LogP contribution is 2.03. The van der Waals surface area contributed by atoms with E-state index < -0.39 is 0 Å². The summed E-state index contributed by atoms with van der Waals surface area (Å²) in [5.41, 5.74) is 0. The lowest BCUT2D eigenvalue weighted by molar-refractivity contribution is 0.601. The molecule has 0 aliphatic carbocycles. The third-order valence-corrected chi connectivity index (χ3v) is 2.50. The topological polar surface area (TPSA) is 36.4 Å². The fourth-order valence-electron chi connectivity index (χ4n) is 1.63. The fraction of sp³-hybridized carbons (Fsp3) is 0.909. The van der Waals surface area contributed by atoms with Crippen LogP contribution in [0.2, 0.25) is 0 Å². The standard InChI is InChI=1S/C11H23N3/c1-2-3-4-5-6-7-8-12-11-13-9-10-14-11/h2-10H2,1H3,(H2,12,13,14). The molecule has 3 heteroatoms. The molecule has 0 aromatic carbocycles. The molecule has 0 radical (unpaired) electrons. The summed E-state index contributed by atoms with van der Waals surface area (Å²) in [6, 6.07) is 0. The Morgan fingerprint density at radius 1 is 1.21 bits per heavy atom. The van der Waals surface area contributed by atoms with E-state index in [4.69, 9.17) is 0 Å². The normalized spacial score (nSPS) is 15.1. The maximum atomic E-state index is 4.28. The smallest absolute Gasteiger partial charge is 0.191 e. The summed E-state index contributed by atoms with van der Waals surface area (Å²) in [6.45, 7) is 5.25. The zero-order valence-electron chi connectivity index (χ0n) is 9.31. The number of aliphatic imine (C=N–C) groups is 1. The Labute approximate surface area is 87.4 Å². The SMILES string of the molecule is CCCCCCCCNC1=NCCN1. The highest BCUT2D eigenvalue weighted by atomic mass is 15.2. The Bertz CT molecular complexity index is 166. The van der Waals surface area contributed by atoms with Gasteiger partial charge in [0.2, 0.25) is 0 Å². The molecule has 82 valence electrons. The highest BCUT2D eigenvalue weighted by Gasteiger charge is 2.01. The number of nitrogens with zero attached hydrogens (tertiary/aromatic N) is 1. The van der Waals surface area contributed by atoms with Crippen molar-refractivity contribution in [1.82, 2.24) is 10.6 Å². The van der Waals surface area contributed by atoms with E-state index in [0.29, 0.717) is 0 Å². The van der Waals surface area contributed by atoms with Crippen molar-refractivity contribution >= 4 is 5.96 Å². The van der Waals surface area contributed by atoms with Crippen molar-refractivity contribution in [3.05, 3.63) is 0 Å². The van der Waals surface area contributed by atoms with Gasteiger partial charge in [0.1, 0.15) is 0 Å². The molecule has 0 saturated heterocycles. The maximum absolute atomic E-state index is 4.28. The zero-order chi connectivity index (χ0) is 10.1. The van der Waals surface area contributed by atoms with Crippen LogP contribution < -0.4 is 10.6 Å². The van der Waals surface area contributed by atoms with Gasteiger partial charge in [0.25, 0.3) is 0 Å². The minimum absolute atomic E-state index is 0.929. The molecular weight excluding hydrogens is 174 g/mol. The van der Waals surface area contributed by atoms with Gasteiger partial charge in [-0.15, -0.1) is 0 Å². The monoisotopic (exact) mass is 197 g/mol. The van der Waals surface area contributed by atoms with Crippen molar-refractivity contribution in [3.8, 4) is 0 Å². The molecule has 0 fully saturated rings. The molecule has 0 atom stereocenters. The van der Waals surface area contributed by atoms with Crippen LogP contribution in [0, 0.1) is 0 Å². The first-order chi connectivity index (χ1) is 6.93. The van der Waals surface area contributed by atoms with Crippen molar-refractivity contribution in [2.45, 2.75) is 45.4 Å². The van der Waals surface area contributed by atoms with Crippen molar-refractivity contribution in [3.63, 3.8) is 0 Å². The number of nitrogens with one attached hydrogen (secondary N) is 2. The molecule has 1 aliphatic heterocycles. The van der Waals surface area contributed by atoms with Crippen molar-refractivity contribution in [1.29, 1.82) is 0 Å². The zero-order valence-corrected chi connectivity index (χ0v) is 9.31. The minimum atomic E-state index is 0.929. The molecule has 1 rings (SSSR count). The van der Waals surface area contributed by atoms with Gasteiger partial charge in [0.15, 0.2) is 5.96 Å². The molecule has 1 heterocycles. The number of rotatable bonds is 7. The molecule has 0 aromatic rings. The number of unbranched alkanes of at least 4 members (excludes halogenated alkanes) is 5. The molecule has 0 spiro atoms. The second kappa shape index (κ2) is 7.65. The second-order valence-electron chi connectivity index (χ2n) is 3.85. The van der Waals surface area contributed by atoms with Gasteiger partial charge in [-0.1, -0.05) is 39.0 Å². The Hall–Kier alpha value is -0.730. The summed E-state index contributed by atoms with van der Waals surface area (Å²) in [4.78, 5) is 4.28. The average molecular weight is 197 g/mol. The summed E-state index contributed by atoms with van der Waals surface area (Å²) in [7, 11) is 0. The first-order valence-corrected chi connectivity index (χ1v) is 5.95. The van der Waals surface area contributed by atoms with Crippen LogP contribution in [-0.4, -0.2) is 25.6 Å². The molecule has 0 bridgehead atoms. The van der Waals surface area contributed by atoms with Gasteiger partial charge in [0.05, 0.1) is 6.54 Å². The van der Waals surface area contributed by atoms with E-state index >= 15 is 0 Å². The number of hydrogen-bond acceptors (Lipinski definition) is 3. The average Bonchev–Trinajstić information content (AvgIpc) is 2.69. The van der Waals surface area contributed by atoms with Crippen LogP contribution in [0.1, 0.15) is 45.4 Å². The van der Waals surface area contributed by atoms with Crippen LogP contribution in [0.3, 0.4) is 0 Å². The molecule has 0 aromatic heterocycles. The molecule has 3 nitrogen and oxygen atoms in total. The Balaban J connectivity index is 1.80. The lowest BCUT2D eigenvalue weighted by Gasteiger charge is -2.05. The highest BCUT2D eigenvalue weighted by molar-refractivity contribution is 5.81. The predicted molar refractivity (Wildman–Crippen MR) is 61.7 cm³/mol. The van der Waals surface area contributed by atoms with E-state index in [1.165, 1.54) is 38.5 Å². The lowest BCUT2D eigenvalue weighted by atomic mass is 10.1. The van der Waals surface area contributed by atoms with E-state index in [0.717, 1.165) is 25.6 Å². The third-order valence-electron chi connectivity index (χ3n) is 2.50. The summed E-state index contributed by atoms with van der Waals surface area (Å²) < 4.78 is 0. The Morgan fingerprint density at radius 3 is 2.71 bits per heavy atom. The van der Waals surface area contributed by atoms with Gasteiger partial charge >= 0.3 is 0 Å². The molecule has 14 heavy (non-hydrogen) atoms. The second-order valence-corrected chi connectivity index (χ2v) is 3.85. The minimum Gasteiger partial charge on any atom is -0.356 e. The Morgan fingerprint density at radius 2 is 2.00 bits per heavy atom. The molecule has 0 unspecified atom stereocenters. The van der Waals surface area contributed by atoms with Crippen LogP contribution >= 0.6 is 0 Å². The fourth-order valence-corrected chi connectivity index (χ4v) is 1.63. The van der Waals surface area contributed by atoms with E-state index in [-0.39, 0.29) is 0 Å². The summed E-state index contributed by atoms with van der Waals surface area (Å²) >= 11 is 0. The Kier molecular flexibility index (Phi) is 6.20. The molecule has 0 amide bonds. The van der Waals surface area contributed by atoms with Crippen LogP contribution in [0.5, 0.6) is 0 Å². The summed E-state index contributed by atoms with van der Waals surface area (Å²) in [5.74, 6) is 0.999. The lowest BCUT2D eigenvalue weighted by Crippen LogP contribution is -2.34. The molecule has 0 saturated carbocycles. The molecule has 2 N–H and O–H groups in total. The summed E-state index contributed by atoms with van der Waals surface area (Å²) in [6.07, 6.45) is 8.12. The van der Waals surface area contributed by atoms with Crippen LogP contribution in [0.4, 0.5) is 0 Å². The van der Waals surface area contributed by atoms with Gasteiger partial charge in [-0.3, -0.25) is 4.99 Å². The first-order valence-electron chi connectivity index (χ1n) is 5.95. The van der Waals surface area contributed by atoms with Gasteiger partial charge in [-0.2, -0.15) is 0 Å². The first kappa shape index (κ1) is 11.3. The number of guanidine groups is 1. The quantitative estimate of drug-likeness (QED) is 0.612.